The molecule has 5 nitrogen and oxygen atoms in total. The maximum absolute atomic E-state index is 13.0. The van der Waals surface area contributed by atoms with Gasteiger partial charge in [0, 0.05) is 11.6 Å². The van der Waals surface area contributed by atoms with Gasteiger partial charge in [-0.05, 0) is 36.2 Å². The van der Waals surface area contributed by atoms with Gasteiger partial charge in [-0.25, -0.2) is 0 Å². The summed E-state index contributed by atoms with van der Waals surface area (Å²) in [4.78, 5) is 27.3. The number of rotatable bonds is 5. The van der Waals surface area contributed by atoms with Crippen molar-refractivity contribution in [1.29, 1.82) is 0 Å². The zero-order chi connectivity index (χ0) is 19.7. The first kappa shape index (κ1) is 18.7. The predicted molar refractivity (Wildman–Crippen MR) is 104 cm³/mol. The molecule has 1 aliphatic rings. The molecule has 1 aliphatic heterocycles. The smallest absolute Gasteiger partial charge is 0.294 e. The van der Waals surface area contributed by atoms with E-state index in [-0.39, 0.29) is 17.3 Å². The number of methoxy groups -OCH3 is 1. The van der Waals surface area contributed by atoms with Crippen molar-refractivity contribution in [3.63, 3.8) is 0 Å². The van der Waals surface area contributed by atoms with Crippen molar-refractivity contribution in [3.8, 4) is 5.75 Å². The summed E-state index contributed by atoms with van der Waals surface area (Å²) in [6.07, 6.45) is 0. The fourth-order valence-electron chi connectivity index (χ4n) is 3.38. The normalized spacial score (nSPS) is 17.0. The molecular weight excluding hydrogens is 342 g/mol. The van der Waals surface area contributed by atoms with Crippen molar-refractivity contribution in [2.45, 2.75) is 26.8 Å². The molecule has 0 spiro atoms. The molecule has 5 heteroatoms. The molecule has 0 radical (unpaired) electrons. The van der Waals surface area contributed by atoms with Gasteiger partial charge >= 0.3 is 0 Å². The minimum Gasteiger partial charge on any atom is -0.503 e. The first-order chi connectivity index (χ1) is 12.9. The van der Waals surface area contributed by atoms with E-state index in [1.807, 2.05) is 43.3 Å². The van der Waals surface area contributed by atoms with Crippen molar-refractivity contribution in [1.82, 2.24) is 0 Å². The molecule has 3 rings (SSSR count). The molecule has 0 saturated carbocycles. The Labute approximate surface area is 158 Å². The number of aryl methyl sites for hydroxylation is 1. The number of amides is 1. The molecule has 0 aromatic heterocycles. The van der Waals surface area contributed by atoms with Crippen LogP contribution < -0.4 is 9.64 Å². The standard InChI is InChI=1S/C22H23NO4/c1-13(2)20(24)18-19(15-9-7-10-16(12-15)27-4)23(22(26)21(18)25)17-11-6-5-8-14(17)3/h5-13,19,25H,1-4H3. The van der Waals surface area contributed by atoms with Crippen molar-refractivity contribution < 1.29 is 19.4 Å². The molecule has 0 saturated heterocycles. The second-order valence-corrected chi connectivity index (χ2v) is 6.92. The van der Waals surface area contributed by atoms with Gasteiger partial charge in [-0.15, -0.1) is 0 Å². The van der Waals surface area contributed by atoms with Gasteiger partial charge in [0.2, 0.25) is 0 Å². The van der Waals surface area contributed by atoms with E-state index in [1.54, 1.807) is 33.1 Å². The van der Waals surface area contributed by atoms with Crippen molar-refractivity contribution >= 4 is 17.4 Å². The Hall–Kier alpha value is -3.08. The fraction of sp³-hybridized carbons (Fsp3) is 0.273. The number of ketones is 1. The van der Waals surface area contributed by atoms with Gasteiger partial charge in [-0.3, -0.25) is 14.5 Å². The minimum atomic E-state index is -0.705. The number of hydrogen-bond acceptors (Lipinski definition) is 4. The van der Waals surface area contributed by atoms with E-state index >= 15 is 0 Å². The third-order valence-electron chi connectivity index (χ3n) is 4.78. The van der Waals surface area contributed by atoms with E-state index in [0.29, 0.717) is 17.0 Å². The Bertz CT molecular complexity index is 929. The maximum atomic E-state index is 13.0. The van der Waals surface area contributed by atoms with Crippen LogP contribution in [0.1, 0.15) is 31.0 Å². The molecular formula is C22H23NO4. The Balaban J connectivity index is 2.23. The number of aliphatic hydroxyl groups is 1. The van der Waals surface area contributed by atoms with Crippen LogP contribution in [-0.4, -0.2) is 23.9 Å². The lowest BCUT2D eigenvalue weighted by atomic mass is 9.91. The van der Waals surface area contributed by atoms with Crippen molar-refractivity contribution in [3.05, 3.63) is 71.0 Å². The molecule has 1 atom stereocenters. The molecule has 1 unspecified atom stereocenters. The lowest BCUT2D eigenvalue weighted by Crippen LogP contribution is -2.32. The highest BCUT2D eigenvalue weighted by atomic mass is 16.5. The van der Waals surface area contributed by atoms with Crippen LogP contribution in [0.2, 0.25) is 0 Å². The number of benzene rings is 2. The number of Topliss-reactive ketones (excluding diaryl/α,β-unsaturated/α-hetero) is 1. The lowest BCUT2D eigenvalue weighted by Gasteiger charge is -2.28. The van der Waals surface area contributed by atoms with Gasteiger partial charge < -0.3 is 9.84 Å². The highest BCUT2D eigenvalue weighted by Gasteiger charge is 2.45. The molecule has 1 N–H and O–H groups in total. The van der Waals surface area contributed by atoms with E-state index < -0.39 is 17.7 Å². The topological polar surface area (TPSA) is 66.8 Å². The van der Waals surface area contributed by atoms with Gasteiger partial charge in [-0.2, -0.15) is 0 Å². The van der Waals surface area contributed by atoms with Gasteiger partial charge in [0.1, 0.15) is 5.75 Å². The number of aliphatic hydroxyl groups excluding tert-OH is 1. The molecule has 0 fully saturated rings. The second-order valence-electron chi connectivity index (χ2n) is 6.92. The summed E-state index contributed by atoms with van der Waals surface area (Å²) < 4.78 is 5.31. The number of ether oxygens (including phenoxy) is 1. The van der Waals surface area contributed by atoms with Crippen LogP contribution in [0.15, 0.2) is 59.9 Å². The molecule has 140 valence electrons. The molecule has 0 aliphatic carbocycles. The largest absolute Gasteiger partial charge is 0.503 e. The number of carbonyl (C=O) groups excluding carboxylic acids is 2. The SMILES string of the molecule is COc1cccc(C2C(C(=O)C(C)C)=C(O)C(=O)N2c2ccccc2C)c1. The Morgan fingerprint density at radius 1 is 1.15 bits per heavy atom. The molecule has 0 bridgehead atoms. The van der Waals surface area contributed by atoms with Gasteiger partial charge in [0.25, 0.3) is 5.91 Å². The quantitative estimate of drug-likeness (QED) is 0.865. The monoisotopic (exact) mass is 365 g/mol. The second kappa shape index (κ2) is 7.27. The number of para-hydroxylation sites is 1. The Kier molecular flexibility index (Phi) is 5.04. The van der Waals surface area contributed by atoms with E-state index in [2.05, 4.69) is 0 Å². The summed E-state index contributed by atoms with van der Waals surface area (Å²) in [5.74, 6) is -1.03. The highest BCUT2D eigenvalue weighted by Crippen LogP contribution is 2.43. The van der Waals surface area contributed by atoms with Gasteiger partial charge in [0.05, 0.1) is 18.7 Å². The van der Waals surface area contributed by atoms with E-state index in [1.165, 1.54) is 4.90 Å². The van der Waals surface area contributed by atoms with Crippen molar-refractivity contribution in [2.24, 2.45) is 5.92 Å². The van der Waals surface area contributed by atoms with E-state index in [9.17, 15) is 14.7 Å². The first-order valence-electron chi connectivity index (χ1n) is 8.87. The number of carbonyl (C=O) groups is 2. The van der Waals surface area contributed by atoms with Crippen LogP contribution in [-0.2, 0) is 9.59 Å². The molecule has 1 heterocycles. The molecule has 1 amide bonds. The summed E-state index contributed by atoms with van der Waals surface area (Å²) >= 11 is 0. The van der Waals surface area contributed by atoms with E-state index in [4.69, 9.17) is 4.74 Å². The van der Waals surface area contributed by atoms with Crippen LogP contribution in [0.3, 0.4) is 0 Å². The van der Waals surface area contributed by atoms with Crippen LogP contribution in [0.5, 0.6) is 5.75 Å². The zero-order valence-corrected chi connectivity index (χ0v) is 15.9. The predicted octanol–water partition coefficient (Wildman–Crippen LogP) is 4.13. The first-order valence-corrected chi connectivity index (χ1v) is 8.87. The summed E-state index contributed by atoms with van der Waals surface area (Å²) in [7, 11) is 1.56. The molecule has 2 aromatic rings. The average molecular weight is 365 g/mol. The Morgan fingerprint density at radius 2 is 1.85 bits per heavy atom. The summed E-state index contributed by atoms with van der Waals surface area (Å²) in [6, 6.07) is 13.9. The van der Waals surface area contributed by atoms with Crippen molar-refractivity contribution in [2.75, 3.05) is 12.0 Å². The van der Waals surface area contributed by atoms with Crippen LogP contribution in [0, 0.1) is 12.8 Å². The third-order valence-corrected chi connectivity index (χ3v) is 4.78. The van der Waals surface area contributed by atoms with Crippen LogP contribution in [0.4, 0.5) is 5.69 Å². The number of nitrogens with zero attached hydrogens (tertiary/aromatic N) is 1. The van der Waals surface area contributed by atoms with Crippen LogP contribution in [0.25, 0.3) is 0 Å². The zero-order valence-electron chi connectivity index (χ0n) is 15.9. The Morgan fingerprint density at radius 3 is 2.48 bits per heavy atom. The van der Waals surface area contributed by atoms with Gasteiger partial charge in [-0.1, -0.05) is 44.2 Å². The summed E-state index contributed by atoms with van der Waals surface area (Å²) in [5.41, 5.74) is 2.38. The lowest BCUT2D eigenvalue weighted by molar-refractivity contribution is -0.119. The fourth-order valence-corrected chi connectivity index (χ4v) is 3.38. The summed E-state index contributed by atoms with van der Waals surface area (Å²) in [6.45, 7) is 5.41. The van der Waals surface area contributed by atoms with Crippen LogP contribution >= 0.6 is 0 Å². The summed E-state index contributed by atoms with van der Waals surface area (Å²) in [5, 5.41) is 10.6. The highest BCUT2D eigenvalue weighted by molar-refractivity contribution is 6.17. The maximum Gasteiger partial charge on any atom is 0.294 e. The number of hydrogen-bond donors (Lipinski definition) is 1. The van der Waals surface area contributed by atoms with E-state index in [0.717, 1.165) is 5.56 Å². The van der Waals surface area contributed by atoms with Gasteiger partial charge in [0.15, 0.2) is 11.5 Å². The minimum absolute atomic E-state index is 0.131. The third kappa shape index (κ3) is 3.21. The average Bonchev–Trinajstić information content (AvgIpc) is 2.92. The number of anilines is 1. The molecule has 27 heavy (non-hydrogen) atoms. The molecule has 2 aromatic carbocycles.